The largest absolute Gasteiger partial charge is 0.481 e. The number of urea groups is 1. The van der Waals surface area contributed by atoms with Crippen LogP contribution in [-0.2, 0) is 16.1 Å². The summed E-state index contributed by atoms with van der Waals surface area (Å²) in [6.07, 6.45) is -0.0993. The maximum Gasteiger partial charge on any atom is 0.318 e. The van der Waals surface area contributed by atoms with E-state index < -0.39 is 12.0 Å². The van der Waals surface area contributed by atoms with Crippen LogP contribution in [0.5, 0.6) is 0 Å². The van der Waals surface area contributed by atoms with E-state index in [1.54, 1.807) is 4.90 Å². The minimum absolute atomic E-state index is 0.0993. The Morgan fingerprint density at radius 3 is 2.76 bits per heavy atom. The molecule has 0 aliphatic carbocycles. The Morgan fingerprint density at radius 1 is 1.38 bits per heavy atom. The highest BCUT2D eigenvalue weighted by Gasteiger charge is 2.28. The van der Waals surface area contributed by atoms with Crippen LogP contribution in [0.2, 0.25) is 0 Å². The van der Waals surface area contributed by atoms with Gasteiger partial charge in [-0.3, -0.25) is 4.79 Å². The van der Waals surface area contributed by atoms with Crippen LogP contribution in [0.15, 0.2) is 24.3 Å². The lowest BCUT2D eigenvalue weighted by atomic mass is 10.1. The number of ether oxygens (including phenoxy) is 1. The Hall–Kier alpha value is -2.08. The molecule has 1 aliphatic rings. The predicted molar refractivity (Wildman–Crippen MR) is 77.0 cm³/mol. The van der Waals surface area contributed by atoms with Gasteiger partial charge in [0.2, 0.25) is 0 Å². The van der Waals surface area contributed by atoms with Gasteiger partial charge >= 0.3 is 12.0 Å². The van der Waals surface area contributed by atoms with Crippen molar-refractivity contribution in [2.45, 2.75) is 25.9 Å². The van der Waals surface area contributed by atoms with E-state index in [0.29, 0.717) is 19.7 Å². The zero-order chi connectivity index (χ0) is 15.2. The van der Waals surface area contributed by atoms with Crippen molar-refractivity contribution in [3.8, 4) is 0 Å². The van der Waals surface area contributed by atoms with E-state index in [1.165, 1.54) is 5.56 Å². The standard InChI is InChI=1S/C15H20N2O4/c1-11-2-4-12(5-3-11)9-16-15(20)17-6-7-21-10-13(17)8-14(18)19/h2-5,13H,6-10H2,1H3,(H,16,20)(H,18,19). The van der Waals surface area contributed by atoms with Crippen molar-refractivity contribution < 1.29 is 19.4 Å². The predicted octanol–water partition coefficient (Wildman–Crippen LogP) is 1.38. The van der Waals surface area contributed by atoms with Gasteiger partial charge in [-0.15, -0.1) is 0 Å². The van der Waals surface area contributed by atoms with Crippen molar-refractivity contribution in [3.63, 3.8) is 0 Å². The number of hydrogen-bond donors (Lipinski definition) is 2. The SMILES string of the molecule is Cc1ccc(CNC(=O)N2CCOCC2CC(=O)O)cc1. The lowest BCUT2D eigenvalue weighted by molar-refractivity contribution is -0.139. The van der Waals surface area contributed by atoms with Gasteiger partial charge < -0.3 is 20.1 Å². The molecule has 2 N–H and O–H groups in total. The number of hydrogen-bond acceptors (Lipinski definition) is 3. The normalized spacial score (nSPS) is 18.3. The van der Waals surface area contributed by atoms with E-state index in [1.807, 2.05) is 31.2 Å². The fourth-order valence-corrected chi connectivity index (χ4v) is 2.28. The van der Waals surface area contributed by atoms with E-state index in [4.69, 9.17) is 9.84 Å². The average molecular weight is 292 g/mol. The Labute approximate surface area is 123 Å². The van der Waals surface area contributed by atoms with E-state index in [0.717, 1.165) is 5.56 Å². The number of carbonyl (C=O) groups excluding carboxylic acids is 1. The highest BCUT2D eigenvalue weighted by molar-refractivity contribution is 5.76. The quantitative estimate of drug-likeness (QED) is 0.878. The number of morpholine rings is 1. The number of carbonyl (C=O) groups is 2. The minimum atomic E-state index is -0.929. The van der Waals surface area contributed by atoms with Crippen LogP contribution in [0.25, 0.3) is 0 Å². The number of carboxylic acid groups (broad SMARTS) is 1. The fraction of sp³-hybridized carbons (Fsp3) is 0.467. The number of benzene rings is 1. The molecule has 0 saturated carbocycles. The summed E-state index contributed by atoms with van der Waals surface area (Å²) >= 11 is 0. The molecule has 0 bridgehead atoms. The molecule has 1 unspecified atom stereocenters. The van der Waals surface area contributed by atoms with Gasteiger partial charge in [0, 0.05) is 13.1 Å². The molecule has 0 radical (unpaired) electrons. The zero-order valence-electron chi connectivity index (χ0n) is 12.0. The maximum absolute atomic E-state index is 12.2. The zero-order valence-corrected chi connectivity index (χ0v) is 12.0. The second-order valence-electron chi connectivity index (χ2n) is 5.16. The van der Waals surface area contributed by atoms with Gasteiger partial charge in [-0.05, 0) is 12.5 Å². The monoisotopic (exact) mass is 292 g/mol. The average Bonchev–Trinajstić information content (AvgIpc) is 2.46. The second-order valence-corrected chi connectivity index (χ2v) is 5.16. The van der Waals surface area contributed by atoms with Crippen molar-refractivity contribution in [1.29, 1.82) is 0 Å². The summed E-state index contributed by atoms with van der Waals surface area (Å²) in [5.74, 6) is -0.929. The molecule has 21 heavy (non-hydrogen) atoms. The summed E-state index contributed by atoms with van der Waals surface area (Å²) in [6, 6.07) is 7.25. The molecule has 1 atom stereocenters. The molecule has 1 aromatic carbocycles. The Kier molecular flexibility index (Phi) is 5.16. The van der Waals surface area contributed by atoms with Gasteiger partial charge in [0.1, 0.15) is 0 Å². The van der Waals surface area contributed by atoms with Gasteiger partial charge in [-0.1, -0.05) is 29.8 Å². The molecule has 0 aromatic heterocycles. The number of nitrogens with one attached hydrogen (secondary N) is 1. The van der Waals surface area contributed by atoms with E-state index in [2.05, 4.69) is 5.32 Å². The van der Waals surface area contributed by atoms with Gasteiger partial charge in [-0.25, -0.2) is 4.79 Å². The van der Waals surface area contributed by atoms with Crippen LogP contribution < -0.4 is 5.32 Å². The van der Waals surface area contributed by atoms with Crippen molar-refractivity contribution >= 4 is 12.0 Å². The van der Waals surface area contributed by atoms with E-state index in [9.17, 15) is 9.59 Å². The van der Waals surface area contributed by atoms with E-state index in [-0.39, 0.29) is 19.1 Å². The van der Waals surface area contributed by atoms with Crippen molar-refractivity contribution in [2.24, 2.45) is 0 Å². The molecule has 0 spiro atoms. The third-order valence-corrected chi connectivity index (χ3v) is 3.46. The molecule has 6 nitrogen and oxygen atoms in total. The number of aliphatic carboxylic acids is 1. The number of rotatable bonds is 4. The van der Waals surface area contributed by atoms with Crippen LogP contribution in [0.4, 0.5) is 4.79 Å². The highest BCUT2D eigenvalue weighted by atomic mass is 16.5. The first-order valence-electron chi connectivity index (χ1n) is 6.96. The molecule has 2 amide bonds. The molecule has 2 rings (SSSR count). The summed E-state index contributed by atoms with van der Waals surface area (Å²) in [7, 11) is 0. The molecule has 114 valence electrons. The van der Waals surface area contributed by atoms with Gasteiger partial charge in [0.15, 0.2) is 0 Å². The topological polar surface area (TPSA) is 78.9 Å². The molecular formula is C15H20N2O4. The molecular weight excluding hydrogens is 272 g/mol. The molecule has 1 aromatic rings. The smallest absolute Gasteiger partial charge is 0.318 e. The summed E-state index contributed by atoms with van der Waals surface area (Å²) in [6.45, 7) is 3.55. The van der Waals surface area contributed by atoms with Crippen LogP contribution in [-0.4, -0.2) is 47.8 Å². The number of amides is 2. The lowest BCUT2D eigenvalue weighted by Crippen LogP contribution is -2.53. The Balaban J connectivity index is 1.91. The second kappa shape index (κ2) is 7.08. The fourth-order valence-electron chi connectivity index (χ4n) is 2.28. The number of aryl methyl sites for hydroxylation is 1. The summed E-state index contributed by atoms with van der Waals surface area (Å²) in [5.41, 5.74) is 2.18. The lowest BCUT2D eigenvalue weighted by Gasteiger charge is -2.34. The first-order chi connectivity index (χ1) is 10.1. The van der Waals surface area contributed by atoms with Crippen LogP contribution in [0, 0.1) is 6.92 Å². The Bertz CT molecular complexity index is 501. The first kappa shape index (κ1) is 15.3. The van der Waals surface area contributed by atoms with Gasteiger partial charge in [-0.2, -0.15) is 0 Å². The van der Waals surface area contributed by atoms with Gasteiger partial charge in [0.05, 0.1) is 25.7 Å². The molecule has 1 heterocycles. The number of carboxylic acids is 1. The summed E-state index contributed by atoms with van der Waals surface area (Å²) in [5, 5.41) is 11.7. The van der Waals surface area contributed by atoms with Crippen LogP contribution in [0.1, 0.15) is 17.5 Å². The van der Waals surface area contributed by atoms with Crippen LogP contribution >= 0.6 is 0 Å². The van der Waals surface area contributed by atoms with Crippen molar-refractivity contribution in [1.82, 2.24) is 10.2 Å². The minimum Gasteiger partial charge on any atom is -0.481 e. The molecule has 1 fully saturated rings. The summed E-state index contributed by atoms with van der Waals surface area (Å²) in [4.78, 5) is 24.6. The molecule has 1 aliphatic heterocycles. The van der Waals surface area contributed by atoms with Crippen molar-refractivity contribution in [3.05, 3.63) is 35.4 Å². The number of nitrogens with zero attached hydrogens (tertiary/aromatic N) is 1. The first-order valence-corrected chi connectivity index (χ1v) is 6.96. The third kappa shape index (κ3) is 4.46. The van der Waals surface area contributed by atoms with Crippen LogP contribution in [0.3, 0.4) is 0 Å². The molecule has 6 heteroatoms. The van der Waals surface area contributed by atoms with E-state index >= 15 is 0 Å². The maximum atomic E-state index is 12.2. The Morgan fingerprint density at radius 2 is 2.10 bits per heavy atom. The van der Waals surface area contributed by atoms with Crippen molar-refractivity contribution in [2.75, 3.05) is 19.8 Å². The highest BCUT2D eigenvalue weighted by Crippen LogP contribution is 2.11. The van der Waals surface area contributed by atoms with Gasteiger partial charge in [0.25, 0.3) is 0 Å². The summed E-state index contributed by atoms with van der Waals surface area (Å²) < 4.78 is 5.25. The molecule has 1 saturated heterocycles. The third-order valence-electron chi connectivity index (χ3n) is 3.46.